The van der Waals surface area contributed by atoms with Crippen molar-refractivity contribution in [2.45, 2.75) is 13.5 Å². The fraction of sp³-hybridized carbons (Fsp3) is 0.217. The summed E-state index contributed by atoms with van der Waals surface area (Å²) in [4.78, 5) is 18.1. The minimum atomic E-state index is -0.517. The molecule has 1 aromatic heterocycles. The van der Waals surface area contributed by atoms with Crippen LogP contribution in [0.25, 0.3) is 17.0 Å². The minimum Gasteiger partial charge on any atom is -0.380 e. The van der Waals surface area contributed by atoms with Crippen LogP contribution in [0, 0.1) is 0 Å². The van der Waals surface area contributed by atoms with Crippen molar-refractivity contribution < 1.29 is 10.0 Å². The lowest BCUT2D eigenvalue weighted by molar-refractivity contribution is 0.0706. The van der Waals surface area contributed by atoms with E-state index < -0.39 is 5.91 Å². The molecule has 0 spiro atoms. The molecule has 2 aromatic carbocycles. The molecule has 3 N–H and O–H groups in total. The largest absolute Gasteiger partial charge is 0.380 e. The molecule has 0 radical (unpaired) electrons. The molecule has 0 saturated heterocycles. The maximum Gasteiger partial charge on any atom is 0.274 e. The van der Waals surface area contributed by atoms with Gasteiger partial charge in [0.05, 0.1) is 17.4 Å². The number of fused-ring (bicyclic) bond motifs is 1. The van der Waals surface area contributed by atoms with Crippen LogP contribution in [0.3, 0.4) is 0 Å². The second kappa shape index (κ2) is 9.32. The zero-order valence-corrected chi connectivity index (χ0v) is 16.9. The van der Waals surface area contributed by atoms with E-state index in [1.165, 1.54) is 5.56 Å². The van der Waals surface area contributed by atoms with E-state index in [9.17, 15) is 4.79 Å². The summed E-state index contributed by atoms with van der Waals surface area (Å²) >= 11 is 0. The second-order valence-corrected chi connectivity index (χ2v) is 7.40. The van der Waals surface area contributed by atoms with Crippen LogP contribution in [-0.4, -0.2) is 41.6 Å². The van der Waals surface area contributed by atoms with Crippen LogP contribution < -0.4 is 10.8 Å². The Morgan fingerprint density at radius 3 is 2.59 bits per heavy atom. The fourth-order valence-corrected chi connectivity index (χ4v) is 3.11. The van der Waals surface area contributed by atoms with Gasteiger partial charge in [0.1, 0.15) is 0 Å². The van der Waals surface area contributed by atoms with E-state index in [1.54, 1.807) is 17.6 Å². The van der Waals surface area contributed by atoms with Crippen molar-refractivity contribution in [2.24, 2.45) is 0 Å². The molecule has 0 aliphatic heterocycles. The van der Waals surface area contributed by atoms with Crippen molar-refractivity contribution in [3.05, 3.63) is 77.0 Å². The van der Waals surface area contributed by atoms with Crippen LogP contribution in [0.4, 0.5) is 5.69 Å². The summed E-state index contributed by atoms with van der Waals surface area (Å²) in [5.41, 5.74) is 7.40. The van der Waals surface area contributed by atoms with Gasteiger partial charge in [-0.25, -0.2) is 5.48 Å². The molecule has 150 valence electrons. The number of benzene rings is 2. The second-order valence-electron chi connectivity index (χ2n) is 7.40. The fourth-order valence-electron chi connectivity index (χ4n) is 3.11. The average Bonchev–Trinajstić information content (AvgIpc) is 2.71. The first-order chi connectivity index (χ1) is 13.9. The Labute approximate surface area is 170 Å². The third-order valence-electron chi connectivity index (χ3n) is 4.50. The molecule has 0 bridgehead atoms. The summed E-state index contributed by atoms with van der Waals surface area (Å²) in [5.74, 6) is -0.517. The maximum absolute atomic E-state index is 11.4. The van der Waals surface area contributed by atoms with Crippen LogP contribution in [0.2, 0.25) is 0 Å². The third-order valence-corrected chi connectivity index (χ3v) is 4.50. The first-order valence-corrected chi connectivity index (χ1v) is 9.43. The first kappa shape index (κ1) is 20.5. The van der Waals surface area contributed by atoms with E-state index in [4.69, 9.17) is 5.21 Å². The predicted molar refractivity (Wildman–Crippen MR) is 117 cm³/mol. The molecule has 1 heterocycles. The van der Waals surface area contributed by atoms with Gasteiger partial charge in [0.15, 0.2) is 0 Å². The Bertz CT molecular complexity index is 1030. The number of anilines is 1. The molecular formula is C23H26N4O2. The number of hydroxylamine groups is 1. The quantitative estimate of drug-likeness (QED) is 0.421. The standard InChI is InChI=1S/C23H26N4O2/c1-16(10-17-4-7-19(8-5-17)23(28)26-29)13-24-21-12-20-11-18(15-27(2)3)6-9-22(20)25-14-21/h4-12,14,24,29H,13,15H2,1-3H3,(H,26,28)/b16-10+. The highest BCUT2D eigenvalue weighted by atomic mass is 16.5. The maximum atomic E-state index is 11.4. The van der Waals surface area contributed by atoms with Gasteiger partial charge >= 0.3 is 0 Å². The van der Waals surface area contributed by atoms with Gasteiger partial charge in [0, 0.05) is 24.0 Å². The number of pyridine rings is 1. The van der Waals surface area contributed by atoms with Crippen LogP contribution in [0.1, 0.15) is 28.4 Å². The molecule has 0 aliphatic carbocycles. The van der Waals surface area contributed by atoms with Crippen molar-refractivity contribution in [3.63, 3.8) is 0 Å². The number of hydrogen-bond donors (Lipinski definition) is 3. The molecule has 29 heavy (non-hydrogen) atoms. The van der Waals surface area contributed by atoms with Gasteiger partial charge in [-0.15, -0.1) is 0 Å². The van der Waals surface area contributed by atoms with Gasteiger partial charge in [-0.1, -0.05) is 29.8 Å². The van der Waals surface area contributed by atoms with Gasteiger partial charge < -0.3 is 10.2 Å². The molecule has 1 amide bonds. The molecule has 6 nitrogen and oxygen atoms in total. The van der Waals surface area contributed by atoms with Crippen LogP contribution in [-0.2, 0) is 6.54 Å². The van der Waals surface area contributed by atoms with Crippen molar-refractivity contribution in [3.8, 4) is 0 Å². The summed E-state index contributed by atoms with van der Waals surface area (Å²) in [6, 6.07) is 15.5. The van der Waals surface area contributed by atoms with E-state index in [2.05, 4.69) is 59.6 Å². The normalized spacial score (nSPS) is 11.7. The molecule has 0 aliphatic rings. The predicted octanol–water partition coefficient (Wildman–Crippen LogP) is 3.93. The number of carbonyl (C=O) groups is 1. The monoisotopic (exact) mass is 390 g/mol. The smallest absolute Gasteiger partial charge is 0.274 e. The Kier molecular flexibility index (Phi) is 6.59. The highest BCUT2D eigenvalue weighted by Gasteiger charge is 2.04. The highest BCUT2D eigenvalue weighted by molar-refractivity contribution is 5.93. The van der Waals surface area contributed by atoms with E-state index in [0.717, 1.165) is 34.3 Å². The lowest BCUT2D eigenvalue weighted by Crippen LogP contribution is -2.18. The highest BCUT2D eigenvalue weighted by Crippen LogP contribution is 2.19. The van der Waals surface area contributed by atoms with Crippen LogP contribution >= 0.6 is 0 Å². The number of nitrogens with zero attached hydrogens (tertiary/aromatic N) is 2. The lowest BCUT2D eigenvalue weighted by atomic mass is 10.1. The average molecular weight is 390 g/mol. The molecule has 3 rings (SSSR count). The molecule has 0 fully saturated rings. The van der Waals surface area contributed by atoms with Crippen molar-refractivity contribution in [1.29, 1.82) is 0 Å². The van der Waals surface area contributed by atoms with Gasteiger partial charge in [0.2, 0.25) is 0 Å². The number of amides is 1. The molecule has 3 aromatic rings. The summed E-state index contributed by atoms with van der Waals surface area (Å²) in [6.07, 6.45) is 3.90. The van der Waals surface area contributed by atoms with Crippen LogP contribution in [0.5, 0.6) is 0 Å². The van der Waals surface area contributed by atoms with E-state index in [1.807, 2.05) is 25.3 Å². The number of hydrogen-bond acceptors (Lipinski definition) is 5. The van der Waals surface area contributed by atoms with E-state index >= 15 is 0 Å². The number of rotatable bonds is 7. The zero-order valence-electron chi connectivity index (χ0n) is 16.9. The molecule has 6 heteroatoms. The Balaban J connectivity index is 1.67. The summed E-state index contributed by atoms with van der Waals surface area (Å²) in [5, 5.41) is 13.2. The number of aromatic nitrogens is 1. The summed E-state index contributed by atoms with van der Waals surface area (Å²) < 4.78 is 0. The Morgan fingerprint density at radius 1 is 1.14 bits per heavy atom. The van der Waals surface area contributed by atoms with Crippen LogP contribution in [0.15, 0.2) is 60.3 Å². The number of carbonyl (C=O) groups excluding carboxylic acids is 1. The van der Waals surface area contributed by atoms with E-state index in [-0.39, 0.29) is 0 Å². The third kappa shape index (κ3) is 5.63. The summed E-state index contributed by atoms with van der Waals surface area (Å²) in [6.45, 7) is 3.63. The minimum absolute atomic E-state index is 0.413. The number of nitrogens with one attached hydrogen (secondary N) is 2. The van der Waals surface area contributed by atoms with Crippen molar-refractivity contribution in [1.82, 2.24) is 15.4 Å². The SMILES string of the molecule is C/C(=C\c1ccc(C(=O)NO)cc1)CNc1cnc2ccc(CN(C)C)cc2c1. The van der Waals surface area contributed by atoms with Crippen molar-refractivity contribution >= 4 is 28.6 Å². The first-order valence-electron chi connectivity index (χ1n) is 9.43. The van der Waals surface area contributed by atoms with Crippen molar-refractivity contribution in [2.75, 3.05) is 26.0 Å². The molecule has 0 saturated carbocycles. The lowest BCUT2D eigenvalue weighted by Gasteiger charge is -2.11. The molecular weight excluding hydrogens is 364 g/mol. The van der Waals surface area contributed by atoms with Gasteiger partial charge in [-0.05, 0) is 62.5 Å². The zero-order chi connectivity index (χ0) is 20.8. The van der Waals surface area contributed by atoms with E-state index in [0.29, 0.717) is 12.1 Å². The molecule has 0 atom stereocenters. The topological polar surface area (TPSA) is 77.5 Å². The summed E-state index contributed by atoms with van der Waals surface area (Å²) in [7, 11) is 4.12. The molecule has 0 unspecified atom stereocenters. The van der Waals surface area contributed by atoms with Gasteiger partial charge in [-0.2, -0.15) is 0 Å². The Morgan fingerprint density at radius 2 is 1.90 bits per heavy atom. The Hall–Kier alpha value is -3.22. The van der Waals surface area contributed by atoms with Gasteiger partial charge in [0.25, 0.3) is 5.91 Å². The van der Waals surface area contributed by atoms with Gasteiger partial charge in [-0.3, -0.25) is 15.0 Å².